The number of aliphatic hydroxyl groups is 7. The molecular weight excluding hydrogens is 446 g/mol. The number of nitriles is 1. The minimum atomic E-state index is -1.74. The van der Waals surface area contributed by atoms with Gasteiger partial charge in [0.25, 0.3) is 0 Å². The SMILES string of the molecule is N#C[C@@H](O[C@@H]1O[C@H](CO[C@@H]2O[C@H](CO)[C@@H](O)[C@H](O)[C@H]2O)[C@@H](O)[C@H](O)[C@H]1O)c1ccc(O)cc1. The van der Waals surface area contributed by atoms with Crippen molar-refractivity contribution in [1.82, 2.24) is 0 Å². The van der Waals surface area contributed by atoms with E-state index < -0.39 is 80.7 Å². The lowest BCUT2D eigenvalue weighted by molar-refractivity contribution is -0.334. The van der Waals surface area contributed by atoms with E-state index in [1.165, 1.54) is 24.3 Å². The Labute approximate surface area is 188 Å². The number of ether oxygens (including phenoxy) is 4. The van der Waals surface area contributed by atoms with E-state index >= 15 is 0 Å². The number of hydrogen-bond acceptors (Lipinski definition) is 13. The van der Waals surface area contributed by atoms with Crippen LogP contribution in [0.25, 0.3) is 0 Å². The lowest BCUT2D eigenvalue weighted by Gasteiger charge is -2.43. The second-order valence-corrected chi connectivity index (χ2v) is 7.78. The first-order valence-electron chi connectivity index (χ1n) is 10.1. The van der Waals surface area contributed by atoms with Crippen molar-refractivity contribution in [3.8, 4) is 11.8 Å². The van der Waals surface area contributed by atoms with Crippen molar-refractivity contribution in [3.05, 3.63) is 29.8 Å². The van der Waals surface area contributed by atoms with Crippen LogP contribution in [0.5, 0.6) is 5.75 Å². The topological polar surface area (TPSA) is 223 Å². The number of rotatable bonds is 7. The summed E-state index contributed by atoms with van der Waals surface area (Å²) in [6.07, 6.45) is -16.9. The highest BCUT2D eigenvalue weighted by atomic mass is 16.7. The lowest BCUT2D eigenvalue weighted by atomic mass is 9.98. The van der Waals surface area contributed by atoms with Gasteiger partial charge in [-0.25, -0.2) is 0 Å². The van der Waals surface area contributed by atoms with Gasteiger partial charge in [-0.2, -0.15) is 5.26 Å². The van der Waals surface area contributed by atoms with Gasteiger partial charge in [0.15, 0.2) is 18.7 Å². The Hall–Kier alpha value is -1.93. The number of phenolic OH excluding ortho intramolecular Hbond substituents is 1. The zero-order valence-corrected chi connectivity index (χ0v) is 17.2. The Balaban J connectivity index is 1.66. The molecule has 2 fully saturated rings. The third-order valence-electron chi connectivity index (χ3n) is 5.53. The minimum absolute atomic E-state index is 0.0339. The zero-order chi connectivity index (χ0) is 24.3. The molecule has 13 heteroatoms. The van der Waals surface area contributed by atoms with E-state index in [0.29, 0.717) is 5.56 Å². The zero-order valence-electron chi connectivity index (χ0n) is 17.2. The molecule has 184 valence electrons. The molecule has 2 aliphatic rings. The molecule has 0 saturated carbocycles. The maximum atomic E-state index is 10.3. The van der Waals surface area contributed by atoms with Gasteiger partial charge in [0.05, 0.1) is 19.3 Å². The van der Waals surface area contributed by atoms with Crippen LogP contribution in [-0.4, -0.2) is 115 Å². The van der Waals surface area contributed by atoms with E-state index in [2.05, 4.69) is 0 Å². The van der Waals surface area contributed by atoms with E-state index in [0.717, 1.165) is 0 Å². The summed E-state index contributed by atoms with van der Waals surface area (Å²) in [4.78, 5) is 0. The van der Waals surface area contributed by atoms with E-state index in [4.69, 9.17) is 18.9 Å². The van der Waals surface area contributed by atoms with Crippen LogP contribution in [-0.2, 0) is 18.9 Å². The second-order valence-electron chi connectivity index (χ2n) is 7.78. The molecular formula is C20H27NO12. The molecule has 2 heterocycles. The third-order valence-corrected chi connectivity index (χ3v) is 5.53. The molecule has 0 aliphatic carbocycles. The van der Waals surface area contributed by atoms with E-state index in [1.807, 2.05) is 6.07 Å². The summed E-state index contributed by atoms with van der Waals surface area (Å²) in [5, 5.41) is 88.5. The Morgan fingerprint density at radius 3 is 1.94 bits per heavy atom. The summed E-state index contributed by atoms with van der Waals surface area (Å²) in [6, 6.07) is 7.36. The molecule has 33 heavy (non-hydrogen) atoms. The largest absolute Gasteiger partial charge is 0.508 e. The Bertz CT molecular complexity index is 801. The van der Waals surface area contributed by atoms with Gasteiger partial charge >= 0.3 is 0 Å². The van der Waals surface area contributed by atoms with Crippen molar-refractivity contribution in [3.63, 3.8) is 0 Å². The Morgan fingerprint density at radius 1 is 0.818 bits per heavy atom. The number of aromatic hydroxyl groups is 1. The van der Waals surface area contributed by atoms with Crippen LogP contribution in [0, 0.1) is 11.3 Å². The quantitative estimate of drug-likeness (QED) is 0.194. The average molecular weight is 473 g/mol. The molecule has 0 bridgehead atoms. The predicted octanol–water partition coefficient (Wildman–Crippen LogP) is -3.40. The van der Waals surface area contributed by atoms with Crippen molar-refractivity contribution in [1.29, 1.82) is 5.26 Å². The van der Waals surface area contributed by atoms with Crippen molar-refractivity contribution in [2.24, 2.45) is 0 Å². The number of hydrogen-bond donors (Lipinski definition) is 8. The first kappa shape index (κ1) is 25.7. The molecule has 2 saturated heterocycles. The molecule has 1 aromatic rings. The van der Waals surface area contributed by atoms with Crippen LogP contribution in [0.15, 0.2) is 24.3 Å². The molecule has 0 amide bonds. The number of nitrogens with zero attached hydrogens (tertiary/aromatic N) is 1. The molecule has 0 unspecified atom stereocenters. The van der Waals surface area contributed by atoms with Gasteiger partial charge in [0.1, 0.15) is 54.6 Å². The van der Waals surface area contributed by atoms with Gasteiger partial charge in [-0.3, -0.25) is 0 Å². The first-order valence-corrected chi connectivity index (χ1v) is 10.1. The normalized spacial score (nSPS) is 40.2. The summed E-state index contributed by atoms with van der Waals surface area (Å²) in [7, 11) is 0. The van der Waals surface area contributed by atoms with Crippen LogP contribution in [0.2, 0.25) is 0 Å². The van der Waals surface area contributed by atoms with Crippen LogP contribution in [0.3, 0.4) is 0 Å². The highest BCUT2D eigenvalue weighted by Crippen LogP contribution is 2.29. The standard InChI is InChI=1S/C20H27NO12/c21-5-10(8-1-3-9(23)4-2-8)31-20-18(29)16(27)14(25)12(33-20)7-30-19-17(28)15(26)13(24)11(6-22)32-19/h1-4,10-20,22-29H,6-7H2/t10-,11-,12-,13-,14-,15+,16+,17-,18-,19-,20-/m1/s1. The highest BCUT2D eigenvalue weighted by Gasteiger charge is 2.48. The fraction of sp³-hybridized carbons (Fsp3) is 0.650. The van der Waals surface area contributed by atoms with Crippen molar-refractivity contribution in [2.75, 3.05) is 13.2 Å². The molecule has 0 spiro atoms. The molecule has 11 atom stereocenters. The summed E-state index contributed by atoms with van der Waals surface area (Å²) in [6.45, 7) is -1.19. The monoisotopic (exact) mass is 473 g/mol. The van der Waals surface area contributed by atoms with Crippen LogP contribution < -0.4 is 0 Å². The van der Waals surface area contributed by atoms with Crippen LogP contribution >= 0.6 is 0 Å². The van der Waals surface area contributed by atoms with Crippen LogP contribution in [0.4, 0.5) is 0 Å². The van der Waals surface area contributed by atoms with E-state index in [-0.39, 0.29) is 5.75 Å². The lowest BCUT2D eigenvalue weighted by Crippen LogP contribution is -2.61. The predicted molar refractivity (Wildman–Crippen MR) is 104 cm³/mol. The van der Waals surface area contributed by atoms with Gasteiger partial charge in [0, 0.05) is 0 Å². The Kier molecular flexibility index (Phi) is 8.56. The van der Waals surface area contributed by atoms with E-state index in [9.17, 15) is 46.1 Å². The second kappa shape index (κ2) is 11.0. The smallest absolute Gasteiger partial charge is 0.188 e. The molecule has 0 radical (unpaired) electrons. The Morgan fingerprint density at radius 2 is 1.36 bits per heavy atom. The number of benzene rings is 1. The van der Waals surface area contributed by atoms with Crippen molar-refractivity contribution in [2.45, 2.75) is 67.5 Å². The summed E-state index contributed by atoms with van der Waals surface area (Å²) in [5.74, 6) is -0.0339. The average Bonchev–Trinajstić information content (AvgIpc) is 2.82. The summed E-state index contributed by atoms with van der Waals surface area (Å²) >= 11 is 0. The molecule has 2 aliphatic heterocycles. The molecule has 13 nitrogen and oxygen atoms in total. The minimum Gasteiger partial charge on any atom is -0.508 e. The van der Waals surface area contributed by atoms with Crippen molar-refractivity contribution >= 4 is 0 Å². The van der Waals surface area contributed by atoms with Crippen molar-refractivity contribution < 1.29 is 59.8 Å². The fourth-order valence-electron chi connectivity index (χ4n) is 3.53. The molecule has 3 rings (SSSR count). The fourth-order valence-corrected chi connectivity index (χ4v) is 3.53. The maximum Gasteiger partial charge on any atom is 0.188 e. The molecule has 1 aromatic carbocycles. The van der Waals surface area contributed by atoms with Gasteiger partial charge < -0.3 is 59.8 Å². The number of aliphatic hydroxyl groups excluding tert-OH is 7. The first-order chi connectivity index (χ1) is 15.7. The third kappa shape index (κ3) is 5.60. The molecule has 0 aromatic heterocycles. The van der Waals surface area contributed by atoms with Gasteiger partial charge in [-0.15, -0.1) is 0 Å². The molecule has 8 N–H and O–H groups in total. The van der Waals surface area contributed by atoms with Gasteiger partial charge in [0.2, 0.25) is 0 Å². The highest BCUT2D eigenvalue weighted by molar-refractivity contribution is 5.29. The summed E-state index contributed by atoms with van der Waals surface area (Å²) in [5.41, 5.74) is 0.334. The summed E-state index contributed by atoms with van der Waals surface area (Å²) < 4.78 is 21.5. The number of phenols is 1. The van der Waals surface area contributed by atoms with E-state index in [1.54, 1.807) is 0 Å². The maximum absolute atomic E-state index is 10.3. The van der Waals surface area contributed by atoms with Crippen LogP contribution in [0.1, 0.15) is 11.7 Å². The van der Waals surface area contributed by atoms with Gasteiger partial charge in [-0.1, -0.05) is 12.1 Å². The van der Waals surface area contributed by atoms with Gasteiger partial charge in [-0.05, 0) is 17.7 Å².